The van der Waals surface area contributed by atoms with Gasteiger partial charge in [-0.2, -0.15) is 0 Å². The van der Waals surface area contributed by atoms with Gasteiger partial charge >= 0.3 is 75.2 Å². The van der Waals surface area contributed by atoms with Gasteiger partial charge in [-0.15, -0.1) is 0 Å². The summed E-state index contributed by atoms with van der Waals surface area (Å²) in [5, 5.41) is 0. The number of nitrogens with zero attached hydrogens (tertiary/aromatic N) is 4. The Kier molecular flexibility index (Phi) is 1.72. The van der Waals surface area contributed by atoms with Crippen LogP contribution in [-0.4, -0.2) is 23.2 Å². The van der Waals surface area contributed by atoms with Gasteiger partial charge in [-0.25, -0.2) is 0 Å². The van der Waals surface area contributed by atoms with E-state index in [1.807, 2.05) is 19.5 Å². The van der Waals surface area contributed by atoms with Crippen molar-refractivity contribution >= 4 is 11.9 Å². The van der Waals surface area contributed by atoms with Crippen LogP contribution in [0.15, 0.2) is 15.7 Å². The molecule has 2 rings (SSSR count). The average Bonchev–Trinajstić information content (AvgIpc) is 2.06. The van der Waals surface area contributed by atoms with Crippen LogP contribution in [0.25, 0.3) is 0 Å². The molecule has 0 N–H and O–H groups in total. The van der Waals surface area contributed by atoms with E-state index in [1.54, 1.807) is 6.33 Å². The molecule has 0 bridgehead atoms. The summed E-state index contributed by atoms with van der Waals surface area (Å²) in [6, 6.07) is 0. The molecular formula is C6H6IN4-. The second kappa shape index (κ2) is 2.72. The summed E-state index contributed by atoms with van der Waals surface area (Å²) in [5.74, 6) is 0. The minimum absolute atomic E-state index is 0.214. The third-order valence-electron chi connectivity index (χ3n) is 1.38. The molecule has 0 amide bonds. The van der Waals surface area contributed by atoms with E-state index in [2.05, 4.69) is 16.3 Å². The van der Waals surface area contributed by atoms with Gasteiger partial charge in [0, 0.05) is 0 Å². The standard InChI is InChI=1S/C6H6IN4/c1-11-6-3-8-4-9-5(6)2-10-7-11/h2-4H,1H3/q-1. The molecule has 1 aromatic rings. The number of hydrogen-bond acceptors (Lipinski definition) is 4. The Morgan fingerprint density at radius 2 is 2.45 bits per heavy atom. The first kappa shape index (κ1) is 6.96. The molecule has 1 aliphatic heterocycles. The van der Waals surface area contributed by atoms with Crippen LogP contribution in [0.4, 0.5) is 5.69 Å². The first-order chi connectivity index (χ1) is 5.38. The summed E-state index contributed by atoms with van der Waals surface area (Å²) in [5.41, 5.74) is 2.02. The van der Waals surface area contributed by atoms with Crippen LogP contribution < -0.4 is 24.9 Å². The number of halogens is 1. The molecular weight excluding hydrogens is 255 g/mol. The molecule has 1 aromatic heterocycles. The van der Waals surface area contributed by atoms with Gasteiger partial charge < -0.3 is 0 Å². The summed E-state index contributed by atoms with van der Waals surface area (Å²) < 4.78 is 6.34. The van der Waals surface area contributed by atoms with Crippen LogP contribution in [0.2, 0.25) is 0 Å². The molecule has 2 heterocycles. The number of rotatable bonds is 0. The van der Waals surface area contributed by atoms with E-state index in [1.165, 1.54) is 0 Å². The Hall–Kier alpha value is -0.720. The van der Waals surface area contributed by atoms with E-state index in [9.17, 15) is 0 Å². The van der Waals surface area contributed by atoms with E-state index in [-0.39, 0.29) is 21.8 Å². The molecule has 0 saturated heterocycles. The molecule has 0 atom stereocenters. The molecule has 0 spiro atoms. The van der Waals surface area contributed by atoms with Crippen molar-refractivity contribution in [2.24, 2.45) is 3.21 Å². The molecule has 0 aromatic carbocycles. The second-order valence-corrected chi connectivity index (χ2v) is 4.51. The van der Waals surface area contributed by atoms with Gasteiger partial charge in [0.1, 0.15) is 0 Å². The predicted molar refractivity (Wildman–Crippen MR) is 38.0 cm³/mol. The quantitative estimate of drug-likeness (QED) is 0.376. The third-order valence-corrected chi connectivity index (χ3v) is 3.08. The molecule has 0 aliphatic carbocycles. The Morgan fingerprint density at radius 3 is 3.27 bits per heavy atom. The van der Waals surface area contributed by atoms with Crippen LogP contribution >= 0.6 is 0 Å². The van der Waals surface area contributed by atoms with Crippen LogP contribution in [-0.2, 0) is 0 Å². The Balaban J connectivity index is 2.54. The zero-order valence-corrected chi connectivity index (χ0v) is 8.06. The van der Waals surface area contributed by atoms with E-state index in [4.69, 9.17) is 0 Å². The third kappa shape index (κ3) is 1.20. The van der Waals surface area contributed by atoms with Crippen LogP contribution in [0.5, 0.6) is 0 Å². The first-order valence-corrected chi connectivity index (χ1v) is 5.02. The monoisotopic (exact) mass is 261 g/mol. The predicted octanol–water partition coefficient (Wildman–Crippen LogP) is -2.74. The van der Waals surface area contributed by atoms with Crippen molar-refractivity contribution in [3.63, 3.8) is 0 Å². The summed E-state index contributed by atoms with van der Waals surface area (Å²) in [6.45, 7) is 0. The first-order valence-electron chi connectivity index (χ1n) is 3.09. The number of hydrogen-bond donors (Lipinski definition) is 0. The Labute approximate surface area is 75.3 Å². The molecule has 11 heavy (non-hydrogen) atoms. The van der Waals surface area contributed by atoms with Gasteiger partial charge in [0.15, 0.2) is 0 Å². The average molecular weight is 261 g/mol. The molecule has 5 heteroatoms. The number of anilines is 1. The van der Waals surface area contributed by atoms with Crippen molar-refractivity contribution in [2.75, 3.05) is 10.2 Å². The van der Waals surface area contributed by atoms with Crippen LogP contribution in [0.3, 0.4) is 0 Å². The zero-order valence-electron chi connectivity index (χ0n) is 5.90. The van der Waals surface area contributed by atoms with E-state index < -0.39 is 0 Å². The molecule has 0 saturated carbocycles. The maximum absolute atomic E-state index is 4.22. The maximum atomic E-state index is 4.22. The van der Waals surface area contributed by atoms with Crippen LogP contribution in [0, 0.1) is 0 Å². The summed E-state index contributed by atoms with van der Waals surface area (Å²) in [7, 11) is 2.02. The van der Waals surface area contributed by atoms with Gasteiger partial charge in [-0.1, -0.05) is 0 Å². The second-order valence-electron chi connectivity index (χ2n) is 2.07. The molecule has 0 unspecified atom stereocenters. The van der Waals surface area contributed by atoms with Crippen molar-refractivity contribution in [3.05, 3.63) is 18.2 Å². The Bertz CT molecular complexity index is 298. The minimum atomic E-state index is -0.214. The van der Waals surface area contributed by atoms with Gasteiger partial charge in [0.05, 0.1) is 0 Å². The zero-order chi connectivity index (χ0) is 7.68. The fourth-order valence-corrected chi connectivity index (χ4v) is 2.21. The van der Waals surface area contributed by atoms with Crippen molar-refractivity contribution in [3.8, 4) is 0 Å². The summed E-state index contributed by atoms with van der Waals surface area (Å²) in [6.07, 6.45) is 5.19. The molecule has 58 valence electrons. The van der Waals surface area contributed by atoms with Crippen molar-refractivity contribution in [1.82, 2.24) is 9.97 Å². The van der Waals surface area contributed by atoms with Gasteiger partial charge in [0.2, 0.25) is 0 Å². The number of aromatic nitrogens is 2. The normalized spacial score (nSPS) is 15.5. The fourth-order valence-electron chi connectivity index (χ4n) is 0.843. The topological polar surface area (TPSA) is 41.4 Å². The van der Waals surface area contributed by atoms with Crippen molar-refractivity contribution in [2.45, 2.75) is 0 Å². The van der Waals surface area contributed by atoms with E-state index in [0.717, 1.165) is 11.4 Å². The molecule has 4 nitrogen and oxygen atoms in total. The SMILES string of the molecule is CN1[I-]N=Cc2ncncc21. The van der Waals surface area contributed by atoms with E-state index >= 15 is 0 Å². The summed E-state index contributed by atoms with van der Waals surface area (Å²) in [4.78, 5) is 8.04. The fraction of sp³-hybridized carbons (Fsp3) is 0.167. The van der Waals surface area contributed by atoms with E-state index in [0.29, 0.717) is 0 Å². The molecule has 1 aliphatic rings. The van der Waals surface area contributed by atoms with Crippen molar-refractivity contribution in [1.29, 1.82) is 0 Å². The van der Waals surface area contributed by atoms with Crippen molar-refractivity contribution < 1.29 is 21.8 Å². The van der Waals surface area contributed by atoms with Gasteiger partial charge in [-0.05, 0) is 0 Å². The van der Waals surface area contributed by atoms with Gasteiger partial charge in [0.25, 0.3) is 0 Å². The number of fused-ring (bicyclic) bond motifs is 1. The molecule has 0 radical (unpaired) electrons. The molecule has 0 fully saturated rings. The van der Waals surface area contributed by atoms with Crippen LogP contribution in [0.1, 0.15) is 5.69 Å². The Morgan fingerprint density at radius 1 is 1.55 bits per heavy atom. The summed E-state index contributed by atoms with van der Waals surface area (Å²) >= 11 is -0.214. The van der Waals surface area contributed by atoms with Gasteiger partial charge in [-0.3, -0.25) is 0 Å².